The molecule has 1 heterocycles. The summed E-state index contributed by atoms with van der Waals surface area (Å²) < 4.78 is 0. The van der Waals surface area contributed by atoms with E-state index in [0.29, 0.717) is 28.6 Å². The van der Waals surface area contributed by atoms with Crippen LogP contribution in [0.1, 0.15) is 38.8 Å². The van der Waals surface area contributed by atoms with E-state index in [-0.39, 0.29) is 5.15 Å². The fourth-order valence-electron chi connectivity index (χ4n) is 2.15. The van der Waals surface area contributed by atoms with Gasteiger partial charge in [0.2, 0.25) is 0 Å². The van der Waals surface area contributed by atoms with Crippen LogP contribution in [0.15, 0.2) is 35.5 Å². The summed E-state index contributed by atoms with van der Waals surface area (Å²) in [6, 6.07) is 7.94. The second kappa shape index (κ2) is 8.84. The first-order chi connectivity index (χ1) is 11.9. The standard InChI is InChI=1S/C19H20Cl2N4/c1-13(2)25(14(3)4)12-23-19-22-11-16(18(21)24-19)8-5-15-6-9-17(20)10-7-15/h6-7,9-14H,1-4H3/b23-12+. The van der Waals surface area contributed by atoms with Gasteiger partial charge in [0.05, 0.1) is 11.9 Å². The summed E-state index contributed by atoms with van der Waals surface area (Å²) in [7, 11) is 0. The van der Waals surface area contributed by atoms with E-state index in [0.717, 1.165) is 5.56 Å². The van der Waals surface area contributed by atoms with Crippen molar-refractivity contribution in [2.45, 2.75) is 39.8 Å². The molecule has 2 aromatic rings. The Hall–Kier alpha value is -2.09. The third kappa shape index (κ3) is 5.74. The normalized spacial score (nSPS) is 11.0. The first kappa shape index (κ1) is 19.2. The lowest BCUT2D eigenvalue weighted by Crippen LogP contribution is -2.35. The van der Waals surface area contributed by atoms with E-state index in [2.05, 4.69) is 59.4 Å². The minimum atomic E-state index is 0.282. The van der Waals surface area contributed by atoms with Crippen LogP contribution in [0.5, 0.6) is 0 Å². The summed E-state index contributed by atoms with van der Waals surface area (Å²) in [5.74, 6) is 6.29. The fraction of sp³-hybridized carbons (Fsp3) is 0.316. The zero-order chi connectivity index (χ0) is 18.4. The van der Waals surface area contributed by atoms with Crippen molar-refractivity contribution in [1.82, 2.24) is 14.9 Å². The van der Waals surface area contributed by atoms with Crippen molar-refractivity contribution in [2.24, 2.45) is 4.99 Å². The van der Waals surface area contributed by atoms with E-state index in [1.807, 2.05) is 12.1 Å². The highest BCUT2D eigenvalue weighted by Crippen LogP contribution is 2.15. The van der Waals surface area contributed by atoms with Gasteiger partial charge in [-0.25, -0.2) is 9.98 Å². The molecule has 0 N–H and O–H groups in total. The molecule has 0 atom stereocenters. The molecule has 0 aliphatic rings. The van der Waals surface area contributed by atoms with Gasteiger partial charge in [-0.2, -0.15) is 4.98 Å². The maximum Gasteiger partial charge on any atom is 0.252 e. The summed E-state index contributed by atoms with van der Waals surface area (Å²) >= 11 is 12.1. The Morgan fingerprint density at radius 3 is 2.24 bits per heavy atom. The first-order valence-corrected chi connectivity index (χ1v) is 8.74. The molecule has 0 aliphatic carbocycles. The molecule has 0 aliphatic heterocycles. The molecule has 25 heavy (non-hydrogen) atoms. The fourth-order valence-corrected chi connectivity index (χ4v) is 2.45. The number of aliphatic imine (C=N–C) groups is 1. The van der Waals surface area contributed by atoms with Crippen molar-refractivity contribution in [3.63, 3.8) is 0 Å². The minimum Gasteiger partial charge on any atom is -0.358 e. The zero-order valence-corrected chi connectivity index (χ0v) is 16.2. The largest absolute Gasteiger partial charge is 0.358 e. The number of hydrogen-bond donors (Lipinski definition) is 0. The molecule has 0 spiro atoms. The highest BCUT2D eigenvalue weighted by Gasteiger charge is 2.09. The molecule has 1 aromatic heterocycles. The summed E-state index contributed by atoms with van der Waals surface area (Å²) in [5.41, 5.74) is 1.40. The van der Waals surface area contributed by atoms with Gasteiger partial charge in [-0.05, 0) is 52.0 Å². The summed E-state index contributed by atoms with van der Waals surface area (Å²) in [6.07, 6.45) is 3.33. The number of hydrogen-bond acceptors (Lipinski definition) is 3. The smallest absolute Gasteiger partial charge is 0.252 e. The van der Waals surface area contributed by atoms with E-state index >= 15 is 0 Å². The van der Waals surface area contributed by atoms with Crippen LogP contribution in [0.25, 0.3) is 0 Å². The van der Waals surface area contributed by atoms with Crippen molar-refractivity contribution >= 4 is 35.5 Å². The van der Waals surface area contributed by atoms with Crippen LogP contribution >= 0.6 is 23.2 Å². The number of halogens is 2. The van der Waals surface area contributed by atoms with Crippen LogP contribution in [0, 0.1) is 11.8 Å². The van der Waals surface area contributed by atoms with Gasteiger partial charge < -0.3 is 4.90 Å². The first-order valence-electron chi connectivity index (χ1n) is 7.98. The summed E-state index contributed by atoms with van der Waals surface area (Å²) in [4.78, 5) is 14.8. The zero-order valence-electron chi connectivity index (χ0n) is 14.7. The van der Waals surface area contributed by atoms with Gasteiger partial charge in [0.25, 0.3) is 5.95 Å². The highest BCUT2D eigenvalue weighted by atomic mass is 35.5. The topological polar surface area (TPSA) is 41.4 Å². The van der Waals surface area contributed by atoms with Gasteiger partial charge in [0.15, 0.2) is 0 Å². The Bertz CT molecular complexity index is 794. The number of rotatable bonds is 4. The lowest BCUT2D eigenvalue weighted by atomic mass is 10.2. The SMILES string of the molecule is CC(C)N(/C=N/c1ncc(C#Cc2ccc(Cl)cc2)c(Cl)n1)C(C)C. The molecular weight excluding hydrogens is 355 g/mol. The monoisotopic (exact) mass is 374 g/mol. The van der Waals surface area contributed by atoms with E-state index in [9.17, 15) is 0 Å². The Morgan fingerprint density at radius 1 is 1.04 bits per heavy atom. The molecule has 0 saturated carbocycles. The second-order valence-corrected chi connectivity index (χ2v) is 6.81. The van der Waals surface area contributed by atoms with E-state index in [4.69, 9.17) is 23.2 Å². The van der Waals surface area contributed by atoms with Crippen LogP contribution in [0.4, 0.5) is 5.95 Å². The molecule has 6 heteroatoms. The third-order valence-electron chi connectivity index (χ3n) is 3.41. The molecule has 2 rings (SSSR count). The van der Waals surface area contributed by atoms with Crippen LogP contribution in [0.2, 0.25) is 10.2 Å². The molecule has 1 aromatic carbocycles. The second-order valence-electron chi connectivity index (χ2n) is 6.01. The van der Waals surface area contributed by atoms with Crippen LogP contribution in [-0.4, -0.2) is 33.3 Å². The van der Waals surface area contributed by atoms with Gasteiger partial charge >= 0.3 is 0 Å². The molecule has 0 amide bonds. The third-order valence-corrected chi connectivity index (χ3v) is 3.95. The van der Waals surface area contributed by atoms with Crippen molar-refractivity contribution in [3.8, 4) is 11.8 Å². The van der Waals surface area contributed by atoms with Gasteiger partial charge in [-0.3, -0.25) is 0 Å². The van der Waals surface area contributed by atoms with Crippen molar-refractivity contribution < 1.29 is 0 Å². The number of benzene rings is 1. The van der Waals surface area contributed by atoms with Crippen LogP contribution in [0.3, 0.4) is 0 Å². The summed E-state index contributed by atoms with van der Waals surface area (Å²) in [6.45, 7) is 8.43. The Morgan fingerprint density at radius 2 is 1.68 bits per heavy atom. The van der Waals surface area contributed by atoms with Crippen molar-refractivity contribution in [3.05, 3.63) is 51.8 Å². The molecule has 4 nitrogen and oxygen atoms in total. The average Bonchev–Trinajstić information content (AvgIpc) is 2.55. The van der Waals surface area contributed by atoms with Crippen LogP contribution in [-0.2, 0) is 0 Å². The van der Waals surface area contributed by atoms with Crippen LogP contribution < -0.4 is 0 Å². The van der Waals surface area contributed by atoms with E-state index in [1.54, 1.807) is 24.7 Å². The molecular formula is C19H20Cl2N4. The maximum absolute atomic E-state index is 6.20. The Kier molecular flexibility index (Phi) is 6.81. The Balaban J connectivity index is 2.17. The molecule has 0 fully saturated rings. The van der Waals surface area contributed by atoms with Gasteiger partial charge in [0.1, 0.15) is 5.15 Å². The van der Waals surface area contributed by atoms with E-state index < -0.39 is 0 Å². The molecule has 0 bridgehead atoms. The van der Waals surface area contributed by atoms with Gasteiger partial charge in [0, 0.05) is 28.9 Å². The average molecular weight is 375 g/mol. The molecule has 130 valence electrons. The summed E-state index contributed by atoms with van der Waals surface area (Å²) in [5, 5.41) is 0.954. The lowest BCUT2D eigenvalue weighted by molar-refractivity contribution is 0.301. The molecule has 0 saturated heterocycles. The van der Waals surface area contributed by atoms with Gasteiger partial charge in [-0.1, -0.05) is 35.0 Å². The Labute approximate surface area is 158 Å². The molecule has 0 unspecified atom stereocenters. The van der Waals surface area contributed by atoms with Crippen molar-refractivity contribution in [2.75, 3.05) is 0 Å². The highest BCUT2D eigenvalue weighted by molar-refractivity contribution is 6.30. The molecule has 0 radical (unpaired) electrons. The van der Waals surface area contributed by atoms with Gasteiger partial charge in [-0.15, -0.1) is 0 Å². The van der Waals surface area contributed by atoms with Crippen molar-refractivity contribution in [1.29, 1.82) is 0 Å². The predicted octanol–water partition coefficient (Wildman–Crippen LogP) is 4.96. The minimum absolute atomic E-state index is 0.282. The number of aromatic nitrogens is 2. The lowest BCUT2D eigenvalue weighted by Gasteiger charge is -2.27. The van der Waals surface area contributed by atoms with E-state index in [1.165, 1.54) is 0 Å². The maximum atomic E-state index is 6.20. The quantitative estimate of drug-likeness (QED) is 0.328. The predicted molar refractivity (Wildman–Crippen MR) is 105 cm³/mol. The number of nitrogens with zero attached hydrogens (tertiary/aromatic N) is 4.